The van der Waals surface area contributed by atoms with E-state index in [0.717, 1.165) is 25.7 Å². The molecule has 3 aromatic rings. The lowest BCUT2D eigenvalue weighted by Gasteiger charge is -2.31. The maximum absolute atomic E-state index is 13.5. The van der Waals surface area contributed by atoms with E-state index in [2.05, 4.69) is 43.1 Å². The summed E-state index contributed by atoms with van der Waals surface area (Å²) in [5.41, 5.74) is -3.28. The zero-order chi connectivity index (χ0) is 27.6. The number of hydrogen-bond donors (Lipinski definition) is 4. The van der Waals surface area contributed by atoms with Crippen LogP contribution in [0.15, 0.2) is 35.6 Å². The zero-order valence-electron chi connectivity index (χ0n) is 21.4. The molecule has 2 bridgehead atoms. The average molecular weight is 560 g/mol. The smallest absolute Gasteiger partial charge is 0.447 e. The lowest BCUT2D eigenvalue weighted by atomic mass is 10.00. The Labute approximate surface area is 227 Å². The summed E-state index contributed by atoms with van der Waals surface area (Å²) in [4.78, 5) is 20.8. The van der Waals surface area contributed by atoms with Gasteiger partial charge in [-0.2, -0.15) is 13.2 Å². The van der Waals surface area contributed by atoms with Gasteiger partial charge in [0.1, 0.15) is 16.5 Å². The number of piperidine rings is 1. The van der Waals surface area contributed by atoms with Gasteiger partial charge in [-0.15, -0.1) is 0 Å². The van der Waals surface area contributed by atoms with Gasteiger partial charge in [0.25, 0.3) is 5.91 Å². The first-order chi connectivity index (χ1) is 18.8. The van der Waals surface area contributed by atoms with Gasteiger partial charge in [0, 0.05) is 54.9 Å². The predicted molar refractivity (Wildman–Crippen MR) is 143 cm³/mol. The molecule has 2 aliphatic rings. The molecule has 2 aliphatic heterocycles. The summed E-state index contributed by atoms with van der Waals surface area (Å²) in [7, 11) is 3.03. The number of imidazole rings is 1. The van der Waals surface area contributed by atoms with Gasteiger partial charge in [-0.3, -0.25) is 9.20 Å². The van der Waals surface area contributed by atoms with Gasteiger partial charge < -0.3 is 26.0 Å². The van der Waals surface area contributed by atoms with E-state index in [1.165, 1.54) is 31.0 Å². The van der Waals surface area contributed by atoms with Crippen LogP contribution < -0.4 is 26.0 Å². The third kappa shape index (κ3) is 6.02. The number of rotatable bonds is 7. The normalized spacial score (nSPS) is 20.3. The standard InChI is InChI=1S/C26H28F3N7O2S/c1-30-24(37)15-5-10-21(38-2)20(14-15)31-11-3-4-19-25(39-26(27,28)29)36-13-12-32-22(23(36)35-19)34-18-9-7-16-6-8-17(18)33-16/h5,10,12-14,16-18,31,33H,6-9,11H2,1-2H3,(H,30,37)(H,32,34). The first kappa shape index (κ1) is 27.0. The summed E-state index contributed by atoms with van der Waals surface area (Å²) in [5.74, 6) is 6.30. The van der Waals surface area contributed by atoms with Crippen LogP contribution in [0.4, 0.5) is 24.7 Å². The van der Waals surface area contributed by atoms with E-state index < -0.39 is 5.51 Å². The summed E-state index contributed by atoms with van der Waals surface area (Å²) >= 11 is -0.257. The van der Waals surface area contributed by atoms with Gasteiger partial charge in [0.15, 0.2) is 11.5 Å². The first-order valence-corrected chi connectivity index (χ1v) is 13.4. The number of nitrogens with zero attached hydrogens (tertiary/aromatic N) is 3. The number of anilines is 2. The molecule has 0 radical (unpaired) electrons. The second-order valence-corrected chi connectivity index (χ2v) is 10.4. The number of fused-ring (bicyclic) bond motifs is 3. The molecule has 13 heteroatoms. The Hall–Kier alpha value is -3.63. The molecule has 0 spiro atoms. The molecule has 9 nitrogen and oxygen atoms in total. The molecular formula is C26H28F3N7O2S. The number of ether oxygens (including phenoxy) is 1. The largest absolute Gasteiger partial charge is 0.495 e. The summed E-state index contributed by atoms with van der Waals surface area (Å²) in [6, 6.07) is 5.85. The van der Waals surface area contributed by atoms with Gasteiger partial charge in [-0.1, -0.05) is 5.92 Å². The highest BCUT2D eigenvalue weighted by Gasteiger charge is 2.36. The molecule has 3 atom stereocenters. The lowest BCUT2D eigenvalue weighted by molar-refractivity contribution is -0.0330. The average Bonchev–Trinajstić information content (AvgIpc) is 3.47. The number of benzene rings is 1. The Morgan fingerprint density at radius 1 is 1.28 bits per heavy atom. The van der Waals surface area contributed by atoms with Crippen LogP contribution in [0.25, 0.3) is 5.65 Å². The fourth-order valence-electron chi connectivity index (χ4n) is 5.07. The highest BCUT2D eigenvalue weighted by atomic mass is 32.2. The maximum atomic E-state index is 13.5. The fraction of sp³-hybridized carbons (Fsp3) is 0.423. The van der Waals surface area contributed by atoms with Gasteiger partial charge in [-0.25, -0.2) is 9.97 Å². The van der Waals surface area contributed by atoms with Crippen LogP contribution >= 0.6 is 11.8 Å². The first-order valence-electron chi connectivity index (χ1n) is 12.5. The van der Waals surface area contributed by atoms with Crippen LogP contribution in [0, 0.1) is 11.8 Å². The number of alkyl halides is 3. The van der Waals surface area contributed by atoms with Crippen molar-refractivity contribution >= 4 is 34.8 Å². The third-order valence-electron chi connectivity index (χ3n) is 6.88. The monoisotopic (exact) mass is 559 g/mol. The molecular weight excluding hydrogens is 531 g/mol. The second kappa shape index (κ2) is 11.2. The van der Waals surface area contributed by atoms with E-state index in [9.17, 15) is 18.0 Å². The van der Waals surface area contributed by atoms with Crippen LogP contribution in [-0.4, -0.2) is 64.6 Å². The molecule has 2 saturated heterocycles. The van der Waals surface area contributed by atoms with Crippen molar-refractivity contribution in [3.63, 3.8) is 0 Å². The van der Waals surface area contributed by atoms with E-state index in [1.807, 2.05) is 0 Å². The number of carbonyl (C=O) groups is 1. The van der Waals surface area contributed by atoms with Crippen molar-refractivity contribution in [2.75, 3.05) is 31.3 Å². The van der Waals surface area contributed by atoms with Crippen LogP contribution in [0.3, 0.4) is 0 Å². The molecule has 2 aromatic heterocycles. The van der Waals surface area contributed by atoms with E-state index in [0.29, 0.717) is 40.5 Å². The number of hydrogen-bond acceptors (Lipinski definition) is 8. The summed E-state index contributed by atoms with van der Waals surface area (Å²) < 4.78 is 47.2. The molecule has 206 valence electrons. The summed E-state index contributed by atoms with van der Waals surface area (Å²) in [5, 5.41) is 12.5. The number of aromatic nitrogens is 3. The van der Waals surface area contributed by atoms with Crippen molar-refractivity contribution in [3.8, 4) is 17.6 Å². The topological polar surface area (TPSA) is 105 Å². The number of methoxy groups -OCH3 is 1. The van der Waals surface area contributed by atoms with Gasteiger partial charge in [0.05, 0.1) is 19.3 Å². The van der Waals surface area contributed by atoms with Gasteiger partial charge >= 0.3 is 5.51 Å². The summed E-state index contributed by atoms with van der Waals surface area (Å²) in [6.07, 6.45) is 7.11. The molecule has 0 saturated carbocycles. The fourth-order valence-corrected chi connectivity index (χ4v) is 5.73. The minimum atomic E-state index is -4.53. The highest BCUT2D eigenvalue weighted by molar-refractivity contribution is 8.00. The number of nitrogens with one attached hydrogen (secondary N) is 4. The van der Waals surface area contributed by atoms with Crippen molar-refractivity contribution < 1.29 is 22.7 Å². The predicted octanol–water partition coefficient (Wildman–Crippen LogP) is 3.87. The van der Waals surface area contributed by atoms with Crippen molar-refractivity contribution in [1.29, 1.82) is 0 Å². The van der Waals surface area contributed by atoms with E-state index in [4.69, 9.17) is 4.74 Å². The van der Waals surface area contributed by atoms with Crippen molar-refractivity contribution in [2.24, 2.45) is 0 Å². The molecule has 5 rings (SSSR count). The van der Waals surface area contributed by atoms with Crippen LogP contribution in [-0.2, 0) is 0 Å². The quantitative estimate of drug-likeness (QED) is 0.256. The van der Waals surface area contributed by atoms with Crippen LogP contribution in [0.5, 0.6) is 5.75 Å². The van der Waals surface area contributed by atoms with Crippen LogP contribution in [0.2, 0.25) is 0 Å². The van der Waals surface area contributed by atoms with Crippen molar-refractivity contribution in [3.05, 3.63) is 41.9 Å². The van der Waals surface area contributed by atoms with E-state index >= 15 is 0 Å². The minimum absolute atomic E-state index is 0.00366. The van der Waals surface area contributed by atoms with E-state index in [1.54, 1.807) is 18.2 Å². The third-order valence-corrected chi connectivity index (χ3v) is 7.70. The number of halogens is 3. The van der Waals surface area contributed by atoms with Crippen molar-refractivity contribution in [2.45, 2.75) is 54.3 Å². The number of amides is 1. The highest BCUT2D eigenvalue weighted by Crippen LogP contribution is 2.39. The molecule has 1 aromatic carbocycles. The second-order valence-electron chi connectivity index (χ2n) is 9.31. The Bertz CT molecular complexity index is 1430. The Morgan fingerprint density at radius 3 is 2.87 bits per heavy atom. The van der Waals surface area contributed by atoms with Crippen molar-refractivity contribution in [1.82, 2.24) is 25.0 Å². The molecule has 2 fully saturated rings. The van der Waals surface area contributed by atoms with E-state index in [-0.39, 0.29) is 41.0 Å². The SMILES string of the molecule is CNC(=O)c1ccc(OC)c(NCC#Cc2nc3c(NC4CCC5CCC4N5)nccn3c2SC(F)(F)F)c1. The molecule has 4 N–H and O–H groups in total. The molecule has 0 aliphatic carbocycles. The number of thioether (sulfide) groups is 1. The Balaban J connectivity index is 1.41. The molecule has 3 unspecified atom stereocenters. The minimum Gasteiger partial charge on any atom is -0.495 e. The zero-order valence-corrected chi connectivity index (χ0v) is 22.2. The molecule has 1 amide bonds. The van der Waals surface area contributed by atoms with Gasteiger partial charge in [-0.05, 0) is 49.8 Å². The number of carbonyl (C=O) groups excluding carboxylic acids is 1. The Kier molecular flexibility index (Phi) is 7.76. The lowest BCUT2D eigenvalue weighted by Crippen LogP contribution is -2.47. The Morgan fingerprint density at radius 2 is 2.10 bits per heavy atom. The molecule has 4 heterocycles. The maximum Gasteiger partial charge on any atom is 0.447 e. The summed E-state index contributed by atoms with van der Waals surface area (Å²) in [6.45, 7) is 0.0809. The van der Waals surface area contributed by atoms with Crippen LogP contribution in [0.1, 0.15) is 41.7 Å². The van der Waals surface area contributed by atoms with Gasteiger partial charge in [0.2, 0.25) is 0 Å². The molecule has 39 heavy (non-hydrogen) atoms.